The molecule has 27 heavy (non-hydrogen) atoms. The van der Waals surface area contributed by atoms with Crippen molar-refractivity contribution in [3.8, 4) is 0 Å². The number of halogens is 3. The number of urea groups is 1. The molecule has 0 aromatic carbocycles. The molecule has 0 saturated carbocycles. The van der Waals surface area contributed by atoms with Crippen molar-refractivity contribution >= 4 is 40.0 Å². The predicted molar refractivity (Wildman–Crippen MR) is 99.8 cm³/mol. The number of nitrogens with one attached hydrogen (secondary N) is 3. The fourth-order valence-corrected chi connectivity index (χ4v) is 5.24. The van der Waals surface area contributed by atoms with Crippen molar-refractivity contribution in [1.82, 2.24) is 10.6 Å². The summed E-state index contributed by atoms with van der Waals surface area (Å²) in [4.78, 5) is 24.3. The number of rotatable bonds is 4. The third-order valence-corrected chi connectivity index (χ3v) is 6.96. The van der Waals surface area contributed by atoms with Gasteiger partial charge in [-0.25, -0.2) is 4.79 Å². The molecule has 0 saturated heterocycles. The van der Waals surface area contributed by atoms with Gasteiger partial charge in [-0.1, -0.05) is 0 Å². The Morgan fingerprint density at radius 2 is 2.04 bits per heavy atom. The lowest BCUT2D eigenvalue weighted by molar-refractivity contribution is -0.135. The maximum Gasteiger partial charge on any atom is 0.425 e. The third-order valence-electron chi connectivity index (χ3n) is 4.50. The Hall–Kier alpha value is -1.91. The van der Waals surface area contributed by atoms with E-state index in [1.807, 2.05) is 6.92 Å². The number of hydrogen-bond donors (Lipinski definition) is 3. The zero-order valence-electron chi connectivity index (χ0n) is 14.7. The van der Waals surface area contributed by atoms with Gasteiger partial charge in [0.2, 0.25) is 0 Å². The molecule has 3 rings (SSSR count). The Morgan fingerprint density at radius 1 is 1.30 bits per heavy atom. The molecule has 0 bridgehead atoms. The quantitative estimate of drug-likeness (QED) is 0.652. The zero-order chi connectivity index (χ0) is 19.8. The first-order valence-electron chi connectivity index (χ1n) is 8.23. The molecule has 2 aromatic heterocycles. The normalized spacial score (nSPS) is 14.0. The maximum atomic E-state index is 13.4. The van der Waals surface area contributed by atoms with E-state index < -0.39 is 17.1 Å². The number of anilines is 1. The van der Waals surface area contributed by atoms with Crippen molar-refractivity contribution in [1.29, 1.82) is 0 Å². The summed E-state index contributed by atoms with van der Waals surface area (Å²) in [5, 5.41) is 8.53. The monoisotopic (exact) mass is 417 g/mol. The second-order valence-corrected chi connectivity index (χ2v) is 8.52. The number of carbonyl (C=O) groups is 2. The van der Waals surface area contributed by atoms with Gasteiger partial charge in [0.15, 0.2) is 6.29 Å². The number of aryl methyl sites for hydroxylation is 1. The molecule has 3 heterocycles. The van der Waals surface area contributed by atoms with Gasteiger partial charge >= 0.3 is 12.2 Å². The van der Waals surface area contributed by atoms with E-state index in [9.17, 15) is 22.8 Å². The van der Waals surface area contributed by atoms with Crippen LogP contribution in [-0.4, -0.2) is 18.9 Å². The van der Waals surface area contributed by atoms with Crippen LogP contribution in [0.4, 0.5) is 23.0 Å². The number of amides is 2. The summed E-state index contributed by atoms with van der Waals surface area (Å²) < 4.78 is 40.1. The van der Waals surface area contributed by atoms with Gasteiger partial charge in [0.1, 0.15) is 9.88 Å². The van der Waals surface area contributed by atoms with E-state index in [0.29, 0.717) is 46.8 Å². The second kappa shape index (κ2) is 7.61. The van der Waals surface area contributed by atoms with E-state index in [0.717, 1.165) is 21.8 Å². The van der Waals surface area contributed by atoms with E-state index in [1.165, 1.54) is 11.3 Å². The van der Waals surface area contributed by atoms with E-state index >= 15 is 0 Å². The molecular formula is C17H18F3N3O2S2. The highest BCUT2D eigenvalue weighted by Gasteiger charge is 2.38. The van der Waals surface area contributed by atoms with Gasteiger partial charge in [-0.05, 0) is 43.5 Å². The van der Waals surface area contributed by atoms with E-state index in [-0.39, 0.29) is 12.1 Å². The van der Waals surface area contributed by atoms with Gasteiger partial charge in [-0.2, -0.15) is 13.2 Å². The average Bonchev–Trinajstić information content (AvgIpc) is 3.11. The Balaban J connectivity index is 1.77. The number of thiophene rings is 2. The summed E-state index contributed by atoms with van der Waals surface area (Å²) in [5.41, 5.74) is 1.97. The summed E-state index contributed by atoms with van der Waals surface area (Å²) in [7, 11) is 0. The summed E-state index contributed by atoms with van der Waals surface area (Å²) in [6.07, 6.45) is -3.29. The minimum atomic E-state index is -4.46. The summed E-state index contributed by atoms with van der Waals surface area (Å²) >= 11 is 1.99. The largest absolute Gasteiger partial charge is 0.425 e. The van der Waals surface area contributed by atoms with Crippen LogP contribution in [-0.2, 0) is 25.7 Å². The van der Waals surface area contributed by atoms with Gasteiger partial charge in [0, 0.05) is 22.8 Å². The molecule has 146 valence electrons. The molecule has 5 nitrogen and oxygen atoms in total. The van der Waals surface area contributed by atoms with Crippen molar-refractivity contribution in [3.63, 3.8) is 0 Å². The highest BCUT2D eigenvalue weighted by atomic mass is 32.1. The van der Waals surface area contributed by atoms with E-state index in [1.54, 1.807) is 6.92 Å². The molecule has 0 aliphatic carbocycles. The van der Waals surface area contributed by atoms with Crippen LogP contribution in [0.15, 0.2) is 0 Å². The first-order valence-corrected chi connectivity index (χ1v) is 9.87. The molecule has 0 unspecified atom stereocenters. The molecule has 1 aliphatic rings. The molecule has 0 spiro atoms. The number of aldehydes is 1. The molecule has 1 aliphatic heterocycles. The van der Waals surface area contributed by atoms with Crippen LogP contribution in [0.25, 0.3) is 0 Å². The van der Waals surface area contributed by atoms with Gasteiger partial charge in [-0.3, -0.25) is 10.1 Å². The van der Waals surface area contributed by atoms with Gasteiger partial charge in [0.05, 0.1) is 5.56 Å². The van der Waals surface area contributed by atoms with Crippen LogP contribution < -0.4 is 16.0 Å². The zero-order valence-corrected chi connectivity index (χ0v) is 16.3. The third kappa shape index (κ3) is 4.02. The molecular weight excluding hydrogens is 399 g/mol. The smallest absolute Gasteiger partial charge is 0.334 e. The van der Waals surface area contributed by atoms with Crippen molar-refractivity contribution in [3.05, 3.63) is 36.9 Å². The van der Waals surface area contributed by atoms with Crippen LogP contribution >= 0.6 is 22.7 Å². The fourth-order valence-electron chi connectivity index (χ4n) is 3.01. The number of alkyl halides is 3. The van der Waals surface area contributed by atoms with Gasteiger partial charge < -0.3 is 10.6 Å². The highest BCUT2D eigenvalue weighted by Crippen LogP contribution is 2.41. The van der Waals surface area contributed by atoms with Crippen LogP contribution in [0, 0.1) is 13.8 Å². The summed E-state index contributed by atoms with van der Waals surface area (Å²) in [5.74, 6) is 0. The van der Waals surface area contributed by atoms with Crippen LogP contribution in [0.5, 0.6) is 0 Å². The fraction of sp³-hybridized carbons (Fsp3) is 0.412. The molecule has 0 fully saturated rings. The first kappa shape index (κ1) is 19.8. The minimum absolute atomic E-state index is 0.133. The molecule has 2 amide bonds. The Kier molecular flexibility index (Phi) is 5.59. The number of fused-ring (bicyclic) bond motifs is 1. The SMILES string of the molecule is Cc1sc(NC(=O)NCc2c(C(F)(F)F)sc3c2CCNC3)c(C=O)c1C. The minimum Gasteiger partial charge on any atom is -0.334 e. The number of hydrogen-bond acceptors (Lipinski definition) is 5. The van der Waals surface area contributed by atoms with Crippen LogP contribution in [0.3, 0.4) is 0 Å². The highest BCUT2D eigenvalue weighted by molar-refractivity contribution is 7.16. The van der Waals surface area contributed by atoms with Crippen LogP contribution in [0.2, 0.25) is 0 Å². The predicted octanol–water partition coefficient (Wildman–Crippen LogP) is 4.23. The Morgan fingerprint density at radius 3 is 2.70 bits per heavy atom. The molecule has 0 atom stereocenters. The van der Waals surface area contributed by atoms with Crippen molar-refractivity contribution in [2.45, 2.75) is 39.5 Å². The van der Waals surface area contributed by atoms with E-state index in [4.69, 9.17) is 0 Å². The van der Waals surface area contributed by atoms with Crippen molar-refractivity contribution in [2.24, 2.45) is 0 Å². The molecule has 2 aromatic rings. The summed E-state index contributed by atoms with van der Waals surface area (Å²) in [6, 6.07) is -0.638. The molecule has 3 N–H and O–H groups in total. The molecule has 10 heteroatoms. The lowest BCUT2D eigenvalue weighted by Gasteiger charge is -2.15. The van der Waals surface area contributed by atoms with Gasteiger partial charge in [0.25, 0.3) is 0 Å². The Labute approximate surface area is 162 Å². The maximum absolute atomic E-state index is 13.4. The average molecular weight is 417 g/mol. The standard InChI is InChI=1S/C17H18F3N3O2S2/c1-8-9(2)26-15(12(8)7-24)23-16(25)22-5-11-10-3-4-21-6-13(10)27-14(11)17(18,19)20/h7,21H,3-6H2,1-2H3,(H2,22,23,25). The van der Waals surface area contributed by atoms with Gasteiger partial charge in [-0.15, -0.1) is 22.7 Å². The van der Waals surface area contributed by atoms with Crippen LogP contribution in [0.1, 0.15) is 41.7 Å². The number of carbonyl (C=O) groups excluding carboxylic acids is 2. The Bertz CT molecular complexity index is 887. The van der Waals surface area contributed by atoms with E-state index in [2.05, 4.69) is 16.0 Å². The second-order valence-electron chi connectivity index (χ2n) is 6.19. The first-order chi connectivity index (χ1) is 12.7. The lowest BCUT2D eigenvalue weighted by atomic mass is 10.0. The van der Waals surface area contributed by atoms with Crippen molar-refractivity contribution < 1.29 is 22.8 Å². The molecule has 0 radical (unpaired) electrons. The summed E-state index contributed by atoms with van der Waals surface area (Å²) in [6.45, 7) is 4.41. The topological polar surface area (TPSA) is 70.2 Å². The van der Waals surface area contributed by atoms with Crippen molar-refractivity contribution in [2.75, 3.05) is 11.9 Å². The lowest BCUT2D eigenvalue weighted by Crippen LogP contribution is -2.30.